The number of hydrogen-bond acceptors (Lipinski definition) is 6. The van der Waals surface area contributed by atoms with Crippen molar-refractivity contribution in [2.45, 2.75) is 13.0 Å². The highest BCUT2D eigenvalue weighted by molar-refractivity contribution is 7.88. The van der Waals surface area contributed by atoms with E-state index in [2.05, 4.69) is 20.5 Å². The minimum atomic E-state index is -3.38. The number of rotatable bonds is 7. The van der Waals surface area contributed by atoms with Crippen LogP contribution in [0.25, 0.3) is 0 Å². The first-order valence-electron chi connectivity index (χ1n) is 8.22. The molecule has 1 aliphatic heterocycles. The highest BCUT2D eigenvalue weighted by Gasteiger charge is 2.52. The van der Waals surface area contributed by atoms with E-state index >= 15 is 0 Å². The predicted octanol–water partition coefficient (Wildman–Crippen LogP) is -0.773. The molecule has 0 bridgehead atoms. The normalized spacial score (nSPS) is 16.5. The minimum absolute atomic E-state index is 0.0380. The van der Waals surface area contributed by atoms with E-state index in [-0.39, 0.29) is 25.5 Å². The standard InChI is InChI=1S/C16H21N5O5S/c1-26-12-5-3-4-11(6-12)7-16(9-21(10-16)27(2,24)25)14(22)17-8-13-18-15(23)20-19-13/h3-6H,7-10H2,1-2H3,(H,17,22)(H2,18,19,20,23). The van der Waals surface area contributed by atoms with Crippen molar-refractivity contribution in [1.82, 2.24) is 24.8 Å². The molecule has 1 saturated heterocycles. The lowest BCUT2D eigenvalue weighted by atomic mass is 9.75. The highest BCUT2D eigenvalue weighted by Crippen LogP contribution is 2.36. The molecule has 2 aromatic rings. The summed E-state index contributed by atoms with van der Waals surface area (Å²) in [6.45, 7) is 0.217. The molecule has 1 aromatic carbocycles. The Hall–Kier alpha value is -2.66. The van der Waals surface area contributed by atoms with Gasteiger partial charge < -0.3 is 10.1 Å². The number of carbonyl (C=O) groups excluding carboxylic acids is 1. The summed E-state index contributed by atoms with van der Waals surface area (Å²) in [7, 11) is -1.82. The van der Waals surface area contributed by atoms with Gasteiger partial charge in [0.1, 0.15) is 11.6 Å². The lowest BCUT2D eigenvalue weighted by Gasteiger charge is -2.47. The maximum Gasteiger partial charge on any atom is 0.340 e. The Morgan fingerprint density at radius 2 is 2.15 bits per heavy atom. The van der Waals surface area contributed by atoms with Gasteiger partial charge >= 0.3 is 5.69 Å². The number of hydrogen-bond donors (Lipinski definition) is 3. The molecular formula is C16H21N5O5S. The topological polar surface area (TPSA) is 137 Å². The van der Waals surface area contributed by atoms with Gasteiger partial charge in [-0.2, -0.15) is 9.40 Å². The van der Waals surface area contributed by atoms with E-state index in [0.29, 0.717) is 18.0 Å². The average molecular weight is 395 g/mol. The van der Waals surface area contributed by atoms with Crippen molar-refractivity contribution in [3.8, 4) is 5.75 Å². The second kappa shape index (κ2) is 7.16. The van der Waals surface area contributed by atoms with E-state index in [1.807, 2.05) is 18.2 Å². The Morgan fingerprint density at radius 3 is 2.74 bits per heavy atom. The fourth-order valence-corrected chi connectivity index (χ4v) is 4.08. The molecule has 10 nitrogen and oxygen atoms in total. The minimum Gasteiger partial charge on any atom is -0.497 e. The van der Waals surface area contributed by atoms with Crippen molar-refractivity contribution in [2.24, 2.45) is 5.41 Å². The lowest BCUT2D eigenvalue weighted by molar-refractivity contribution is -0.137. The molecule has 146 valence electrons. The largest absolute Gasteiger partial charge is 0.497 e. The van der Waals surface area contributed by atoms with Gasteiger partial charge in [-0.25, -0.2) is 18.3 Å². The first kappa shape index (κ1) is 19.1. The smallest absolute Gasteiger partial charge is 0.340 e. The lowest BCUT2D eigenvalue weighted by Crippen LogP contribution is -2.65. The maximum atomic E-state index is 12.9. The van der Waals surface area contributed by atoms with Crippen LogP contribution in [0.4, 0.5) is 0 Å². The van der Waals surface area contributed by atoms with E-state index in [1.54, 1.807) is 13.2 Å². The molecule has 0 spiro atoms. The number of aromatic amines is 2. The van der Waals surface area contributed by atoms with E-state index in [9.17, 15) is 18.0 Å². The van der Waals surface area contributed by atoms with Gasteiger partial charge in [-0.3, -0.25) is 9.78 Å². The zero-order valence-electron chi connectivity index (χ0n) is 15.0. The molecule has 1 fully saturated rings. The third kappa shape index (κ3) is 4.19. The number of amides is 1. The second-order valence-corrected chi connectivity index (χ2v) is 8.63. The first-order valence-corrected chi connectivity index (χ1v) is 10.1. The number of benzene rings is 1. The third-order valence-electron chi connectivity index (χ3n) is 4.55. The molecule has 0 unspecified atom stereocenters. The highest BCUT2D eigenvalue weighted by atomic mass is 32.2. The van der Waals surface area contributed by atoms with Crippen LogP contribution in [0.2, 0.25) is 0 Å². The van der Waals surface area contributed by atoms with E-state index < -0.39 is 21.1 Å². The van der Waals surface area contributed by atoms with Crippen molar-refractivity contribution in [3.05, 3.63) is 46.1 Å². The van der Waals surface area contributed by atoms with Crippen molar-refractivity contribution < 1.29 is 17.9 Å². The molecule has 0 saturated carbocycles. The summed E-state index contributed by atoms with van der Waals surface area (Å²) in [5.41, 5.74) is -0.491. The molecule has 11 heteroatoms. The van der Waals surface area contributed by atoms with Gasteiger partial charge in [0.15, 0.2) is 0 Å². The Labute approximate surface area is 156 Å². The van der Waals surface area contributed by atoms with Gasteiger partial charge in [-0.05, 0) is 24.1 Å². The molecular weight excluding hydrogens is 374 g/mol. The monoisotopic (exact) mass is 395 g/mol. The SMILES string of the molecule is COc1cccc(CC2(C(=O)NCc3n[nH]c(=O)[nH]3)CN(S(C)(=O)=O)C2)c1. The average Bonchev–Trinajstić information content (AvgIpc) is 3.00. The predicted molar refractivity (Wildman–Crippen MR) is 96.6 cm³/mol. The Kier molecular flexibility index (Phi) is 5.07. The van der Waals surface area contributed by atoms with Crippen LogP contribution in [0.1, 0.15) is 11.4 Å². The molecule has 0 atom stereocenters. The quantitative estimate of drug-likeness (QED) is 0.563. The van der Waals surface area contributed by atoms with Crippen molar-refractivity contribution >= 4 is 15.9 Å². The fraction of sp³-hybridized carbons (Fsp3) is 0.438. The molecule has 1 amide bonds. The molecule has 1 aliphatic rings. The molecule has 3 rings (SSSR count). The number of sulfonamides is 1. The summed E-state index contributed by atoms with van der Waals surface area (Å²) in [5, 5.41) is 8.70. The number of aromatic nitrogens is 3. The first-order chi connectivity index (χ1) is 12.7. The van der Waals surface area contributed by atoms with Crippen LogP contribution in [0.5, 0.6) is 5.75 Å². The van der Waals surface area contributed by atoms with Crippen LogP contribution >= 0.6 is 0 Å². The van der Waals surface area contributed by atoms with E-state index in [0.717, 1.165) is 11.8 Å². The molecule has 3 N–H and O–H groups in total. The zero-order valence-corrected chi connectivity index (χ0v) is 15.8. The number of carbonyl (C=O) groups is 1. The van der Waals surface area contributed by atoms with Crippen LogP contribution in [-0.4, -0.2) is 60.3 Å². The van der Waals surface area contributed by atoms with Crippen LogP contribution in [0, 0.1) is 5.41 Å². The van der Waals surface area contributed by atoms with Gasteiger partial charge in [0.05, 0.1) is 25.3 Å². The summed E-state index contributed by atoms with van der Waals surface area (Å²) in [4.78, 5) is 26.4. The van der Waals surface area contributed by atoms with Crippen LogP contribution in [0.3, 0.4) is 0 Å². The summed E-state index contributed by atoms with van der Waals surface area (Å²) in [6, 6.07) is 7.31. The fourth-order valence-electron chi connectivity index (χ4n) is 3.11. The third-order valence-corrected chi connectivity index (χ3v) is 5.75. The number of nitrogens with zero attached hydrogens (tertiary/aromatic N) is 2. The molecule has 0 aliphatic carbocycles. The van der Waals surface area contributed by atoms with Gasteiger partial charge in [0.2, 0.25) is 15.9 Å². The van der Waals surface area contributed by atoms with Crippen LogP contribution in [0.15, 0.2) is 29.1 Å². The second-order valence-electron chi connectivity index (χ2n) is 6.65. The summed E-state index contributed by atoms with van der Waals surface area (Å²) >= 11 is 0. The Bertz CT molecular complexity index is 990. The molecule has 1 aromatic heterocycles. The Balaban J connectivity index is 1.77. The van der Waals surface area contributed by atoms with Crippen LogP contribution < -0.4 is 15.7 Å². The van der Waals surface area contributed by atoms with E-state index in [1.165, 1.54) is 4.31 Å². The summed E-state index contributed by atoms with van der Waals surface area (Å²) < 4.78 is 30.0. The van der Waals surface area contributed by atoms with Crippen molar-refractivity contribution in [1.29, 1.82) is 0 Å². The zero-order chi connectivity index (χ0) is 19.7. The van der Waals surface area contributed by atoms with E-state index in [4.69, 9.17) is 4.74 Å². The molecule has 27 heavy (non-hydrogen) atoms. The molecule has 2 heterocycles. The number of nitrogens with one attached hydrogen (secondary N) is 3. The van der Waals surface area contributed by atoms with Gasteiger partial charge in [0.25, 0.3) is 0 Å². The van der Waals surface area contributed by atoms with Crippen molar-refractivity contribution in [3.63, 3.8) is 0 Å². The number of methoxy groups -OCH3 is 1. The number of ether oxygens (including phenoxy) is 1. The number of H-pyrrole nitrogens is 2. The maximum absolute atomic E-state index is 12.9. The van der Waals surface area contributed by atoms with Crippen molar-refractivity contribution in [2.75, 3.05) is 26.5 Å². The summed E-state index contributed by atoms with van der Waals surface area (Å²) in [5.74, 6) is 0.662. The van der Waals surface area contributed by atoms with Gasteiger partial charge in [-0.15, -0.1) is 0 Å². The van der Waals surface area contributed by atoms with Gasteiger partial charge in [-0.1, -0.05) is 12.1 Å². The molecule has 0 radical (unpaired) electrons. The van der Waals surface area contributed by atoms with Crippen LogP contribution in [-0.2, 0) is 27.8 Å². The Morgan fingerprint density at radius 1 is 1.41 bits per heavy atom. The van der Waals surface area contributed by atoms with Gasteiger partial charge in [0, 0.05) is 13.1 Å². The summed E-state index contributed by atoms with van der Waals surface area (Å²) in [6.07, 6.45) is 1.48.